The molecule has 0 unspecified atom stereocenters. The second kappa shape index (κ2) is 4.03. The van der Waals surface area contributed by atoms with Crippen LogP contribution in [0.25, 0.3) is 11.0 Å². The Morgan fingerprint density at radius 3 is 2.87 bits per heavy atom. The molecule has 3 heteroatoms. The third kappa shape index (κ3) is 2.02. The summed E-state index contributed by atoms with van der Waals surface area (Å²) >= 11 is 5.28. The number of hydrogen-bond donors (Lipinski definition) is 1. The number of fused-ring (bicyclic) bond motifs is 1. The summed E-state index contributed by atoms with van der Waals surface area (Å²) in [5, 5.41) is 0. The van der Waals surface area contributed by atoms with Gasteiger partial charge >= 0.3 is 0 Å². The molecular weight excluding hydrogens is 204 g/mol. The average Bonchev–Trinajstić information content (AvgIpc) is 2.50. The SMILES string of the molecule is CC(C)=CCn1c(=S)[nH]c2ccccc21. The third-order valence-electron chi connectivity index (χ3n) is 2.36. The van der Waals surface area contributed by atoms with Crippen molar-refractivity contribution in [1.29, 1.82) is 0 Å². The van der Waals surface area contributed by atoms with Crippen molar-refractivity contribution >= 4 is 23.3 Å². The van der Waals surface area contributed by atoms with Gasteiger partial charge in [-0.1, -0.05) is 23.8 Å². The number of allylic oxidation sites excluding steroid dienone is 2. The van der Waals surface area contributed by atoms with Crippen LogP contribution in [-0.2, 0) is 6.54 Å². The van der Waals surface area contributed by atoms with Crippen molar-refractivity contribution in [3.63, 3.8) is 0 Å². The first kappa shape index (κ1) is 10.2. The average molecular weight is 218 g/mol. The fourth-order valence-corrected chi connectivity index (χ4v) is 1.84. The number of H-pyrrole nitrogens is 1. The lowest BCUT2D eigenvalue weighted by atomic mass is 10.3. The minimum absolute atomic E-state index is 0.786. The Bertz CT molecular complexity index is 556. The molecule has 0 fully saturated rings. The largest absolute Gasteiger partial charge is 0.331 e. The molecule has 1 aromatic heterocycles. The van der Waals surface area contributed by atoms with Crippen LogP contribution in [0.1, 0.15) is 13.8 Å². The van der Waals surface area contributed by atoms with E-state index in [-0.39, 0.29) is 0 Å². The Balaban J connectivity index is 2.54. The summed E-state index contributed by atoms with van der Waals surface area (Å²) in [6.45, 7) is 5.03. The van der Waals surface area contributed by atoms with Crippen LogP contribution in [0, 0.1) is 4.77 Å². The number of benzene rings is 1. The molecule has 15 heavy (non-hydrogen) atoms. The van der Waals surface area contributed by atoms with Gasteiger partial charge in [0, 0.05) is 6.54 Å². The fraction of sp³-hybridized carbons (Fsp3) is 0.250. The van der Waals surface area contributed by atoms with Crippen LogP contribution in [0.5, 0.6) is 0 Å². The van der Waals surface area contributed by atoms with E-state index in [4.69, 9.17) is 12.2 Å². The third-order valence-corrected chi connectivity index (χ3v) is 2.69. The van der Waals surface area contributed by atoms with Gasteiger partial charge in [-0.3, -0.25) is 0 Å². The number of para-hydroxylation sites is 2. The molecule has 0 amide bonds. The summed E-state index contributed by atoms with van der Waals surface area (Å²) in [6.07, 6.45) is 2.18. The quantitative estimate of drug-likeness (QED) is 0.602. The smallest absolute Gasteiger partial charge is 0.178 e. The minimum Gasteiger partial charge on any atom is -0.331 e. The summed E-state index contributed by atoms with van der Waals surface area (Å²) in [7, 11) is 0. The van der Waals surface area contributed by atoms with Crippen molar-refractivity contribution in [1.82, 2.24) is 9.55 Å². The Morgan fingerprint density at radius 1 is 1.40 bits per heavy atom. The Kier molecular flexibility index (Phi) is 2.73. The summed E-state index contributed by atoms with van der Waals surface area (Å²) in [5.74, 6) is 0. The molecule has 2 nitrogen and oxygen atoms in total. The van der Waals surface area contributed by atoms with Gasteiger partial charge in [-0.15, -0.1) is 0 Å². The first-order chi connectivity index (χ1) is 7.18. The van der Waals surface area contributed by atoms with Gasteiger partial charge in [0.05, 0.1) is 11.0 Å². The van der Waals surface area contributed by atoms with Gasteiger partial charge in [-0.25, -0.2) is 0 Å². The summed E-state index contributed by atoms with van der Waals surface area (Å²) in [4.78, 5) is 3.20. The maximum absolute atomic E-state index is 5.28. The van der Waals surface area contributed by atoms with Gasteiger partial charge in [0.2, 0.25) is 0 Å². The van der Waals surface area contributed by atoms with Crippen molar-refractivity contribution in [2.75, 3.05) is 0 Å². The molecule has 2 aromatic rings. The van der Waals surface area contributed by atoms with E-state index in [1.54, 1.807) is 0 Å². The molecule has 2 rings (SSSR count). The van der Waals surface area contributed by atoms with E-state index in [2.05, 4.69) is 35.5 Å². The molecule has 78 valence electrons. The van der Waals surface area contributed by atoms with Crippen LogP contribution in [-0.4, -0.2) is 9.55 Å². The number of nitrogens with one attached hydrogen (secondary N) is 1. The van der Waals surface area contributed by atoms with Crippen molar-refractivity contribution in [2.24, 2.45) is 0 Å². The van der Waals surface area contributed by atoms with E-state index in [0.717, 1.165) is 16.8 Å². The van der Waals surface area contributed by atoms with Gasteiger partial charge < -0.3 is 9.55 Å². The molecule has 0 aliphatic carbocycles. The Morgan fingerprint density at radius 2 is 2.13 bits per heavy atom. The number of rotatable bonds is 2. The molecule has 1 N–H and O–H groups in total. The molecule has 0 saturated heterocycles. The zero-order valence-corrected chi connectivity index (χ0v) is 9.77. The van der Waals surface area contributed by atoms with Gasteiger partial charge in [0.25, 0.3) is 0 Å². The number of nitrogens with zero attached hydrogens (tertiary/aromatic N) is 1. The molecule has 0 bridgehead atoms. The maximum Gasteiger partial charge on any atom is 0.178 e. The Hall–Kier alpha value is -1.35. The van der Waals surface area contributed by atoms with E-state index in [1.165, 1.54) is 11.1 Å². The van der Waals surface area contributed by atoms with Crippen LogP contribution in [0.15, 0.2) is 35.9 Å². The molecule has 1 heterocycles. The molecule has 0 saturated carbocycles. The van der Waals surface area contributed by atoms with Gasteiger partial charge in [-0.05, 0) is 38.2 Å². The van der Waals surface area contributed by atoms with E-state index >= 15 is 0 Å². The molecule has 0 aliphatic heterocycles. The first-order valence-electron chi connectivity index (χ1n) is 4.99. The summed E-state index contributed by atoms with van der Waals surface area (Å²) in [6, 6.07) is 8.17. The predicted molar refractivity (Wildman–Crippen MR) is 66.6 cm³/mol. The molecule has 0 spiro atoms. The monoisotopic (exact) mass is 218 g/mol. The van der Waals surface area contributed by atoms with Crippen LogP contribution < -0.4 is 0 Å². The highest BCUT2D eigenvalue weighted by atomic mass is 32.1. The summed E-state index contributed by atoms with van der Waals surface area (Å²) in [5.41, 5.74) is 3.58. The second-order valence-electron chi connectivity index (χ2n) is 3.84. The van der Waals surface area contributed by atoms with Gasteiger partial charge in [0.1, 0.15) is 0 Å². The van der Waals surface area contributed by atoms with Crippen molar-refractivity contribution < 1.29 is 0 Å². The number of hydrogen-bond acceptors (Lipinski definition) is 1. The lowest BCUT2D eigenvalue weighted by molar-refractivity contribution is 0.828. The highest BCUT2D eigenvalue weighted by molar-refractivity contribution is 7.71. The number of aromatic nitrogens is 2. The Labute approximate surface area is 94.2 Å². The predicted octanol–water partition coefficient (Wildman–Crippen LogP) is 3.67. The van der Waals surface area contributed by atoms with Gasteiger partial charge in [-0.2, -0.15) is 0 Å². The fourth-order valence-electron chi connectivity index (χ4n) is 1.56. The highest BCUT2D eigenvalue weighted by Gasteiger charge is 2.00. The van der Waals surface area contributed by atoms with Crippen molar-refractivity contribution in [3.8, 4) is 0 Å². The van der Waals surface area contributed by atoms with Gasteiger partial charge in [0.15, 0.2) is 4.77 Å². The minimum atomic E-state index is 0.786. The standard InChI is InChI=1S/C12H14N2S/c1-9(2)7-8-14-11-6-4-3-5-10(11)13-12(14)15/h3-7H,8H2,1-2H3,(H,13,15). The zero-order valence-electron chi connectivity index (χ0n) is 8.95. The normalized spacial score (nSPS) is 10.5. The molecule has 1 aromatic carbocycles. The lowest BCUT2D eigenvalue weighted by Gasteiger charge is -2.00. The zero-order chi connectivity index (χ0) is 10.8. The molecule has 0 atom stereocenters. The van der Waals surface area contributed by atoms with E-state index in [1.807, 2.05) is 18.2 Å². The second-order valence-corrected chi connectivity index (χ2v) is 4.23. The molecule has 0 aliphatic rings. The van der Waals surface area contributed by atoms with Crippen LogP contribution in [0.4, 0.5) is 0 Å². The lowest BCUT2D eigenvalue weighted by Crippen LogP contribution is -1.94. The molecule has 0 radical (unpaired) electrons. The molecular formula is C12H14N2S. The highest BCUT2D eigenvalue weighted by Crippen LogP contribution is 2.13. The summed E-state index contributed by atoms with van der Waals surface area (Å²) < 4.78 is 2.89. The van der Waals surface area contributed by atoms with Crippen LogP contribution in [0.2, 0.25) is 0 Å². The van der Waals surface area contributed by atoms with Crippen molar-refractivity contribution in [3.05, 3.63) is 40.7 Å². The van der Waals surface area contributed by atoms with Crippen LogP contribution in [0.3, 0.4) is 0 Å². The topological polar surface area (TPSA) is 20.7 Å². The van der Waals surface area contributed by atoms with Crippen LogP contribution >= 0.6 is 12.2 Å². The van der Waals surface area contributed by atoms with E-state index < -0.39 is 0 Å². The van der Waals surface area contributed by atoms with E-state index in [0.29, 0.717) is 0 Å². The number of imidazole rings is 1. The van der Waals surface area contributed by atoms with Crippen molar-refractivity contribution in [2.45, 2.75) is 20.4 Å². The number of aromatic amines is 1. The van der Waals surface area contributed by atoms with E-state index in [9.17, 15) is 0 Å². The maximum atomic E-state index is 5.28. The first-order valence-corrected chi connectivity index (χ1v) is 5.40.